The van der Waals surface area contributed by atoms with Gasteiger partial charge in [-0.3, -0.25) is 0 Å². The first kappa shape index (κ1) is 18.6. The Labute approximate surface area is 124 Å². The van der Waals surface area contributed by atoms with Crippen LogP contribution >= 0.6 is 12.2 Å². The molecule has 0 spiro atoms. The highest BCUT2D eigenvalue weighted by Crippen LogP contribution is 2.03. The van der Waals surface area contributed by atoms with Gasteiger partial charge in [0.2, 0.25) is 0 Å². The quantitative estimate of drug-likeness (QED) is 0.456. The van der Waals surface area contributed by atoms with Crippen molar-refractivity contribution in [2.45, 2.75) is 64.5 Å². The van der Waals surface area contributed by atoms with Gasteiger partial charge in [-0.25, -0.2) is 9.59 Å². The summed E-state index contributed by atoms with van der Waals surface area (Å²) in [7, 11) is 0. The van der Waals surface area contributed by atoms with Gasteiger partial charge in [-0.2, -0.15) is 0 Å². The number of hydrogen-bond acceptors (Lipinski definition) is 3. The first-order valence-corrected chi connectivity index (χ1v) is 7.35. The molecule has 0 aromatic heterocycles. The van der Waals surface area contributed by atoms with Crippen molar-refractivity contribution >= 4 is 29.3 Å². The lowest BCUT2D eigenvalue weighted by molar-refractivity contribution is -0.139. The standard InChI is InChI=1S/C13H24N2O4S/c1-3-5-7-9(11(16)17)14-13(20)15-10(12(18)19)8-6-4-2/h9-10H,3-8H2,1-2H3,(H,16,17)(H,18,19)(H2,14,15,20). The van der Waals surface area contributed by atoms with Gasteiger partial charge in [0, 0.05) is 0 Å². The number of carboxylic acid groups (broad SMARTS) is 2. The van der Waals surface area contributed by atoms with E-state index in [2.05, 4.69) is 10.6 Å². The molecule has 0 aliphatic heterocycles. The molecular formula is C13H24N2O4S. The summed E-state index contributed by atoms with van der Waals surface area (Å²) in [6, 6.07) is -1.56. The van der Waals surface area contributed by atoms with E-state index in [0.717, 1.165) is 25.7 Å². The molecule has 20 heavy (non-hydrogen) atoms. The molecule has 0 aromatic rings. The SMILES string of the molecule is CCCCC(NC(=S)NC(CCCC)C(=O)O)C(=O)O. The van der Waals surface area contributed by atoms with Crippen LogP contribution in [0.4, 0.5) is 0 Å². The number of hydrogen-bond donors (Lipinski definition) is 4. The van der Waals surface area contributed by atoms with Gasteiger partial charge in [0.15, 0.2) is 5.11 Å². The molecule has 0 amide bonds. The highest BCUT2D eigenvalue weighted by Gasteiger charge is 2.21. The smallest absolute Gasteiger partial charge is 0.326 e. The van der Waals surface area contributed by atoms with E-state index in [-0.39, 0.29) is 5.11 Å². The Morgan fingerprint density at radius 1 is 0.950 bits per heavy atom. The Morgan fingerprint density at radius 3 is 1.55 bits per heavy atom. The second kappa shape index (κ2) is 10.4. The van der Waals surface area contributed by atoms with Crippen LogP contribution in [0.1, 0.15) is 52.4 Å². The third kappa shape index (κ3) is 7.93. The Balaban J connectivity index is 4.40. The van der Waals surface area contributed by atoms with Crippen molar-refractivity contribution < 1.29 is 19.8 Å². The van der Waals surface area contributed by atoms with E-state index < -0.39 is 24.0 Å². The fourth-order valence-corrected chi connectivity index (χ4v) is 1.97. The normalized spacial score (nSPS) is 13.3. The zero-order valence-corrected chi connectivity index (χ0v) is 12.8. The Kier molecular flexibility index (Phi) is 9.71. The number of carboxylic acids is 2. The fourth-order valence-electron chi connectivity index (χ4n) is 1.69. The van der Waals surface area contributed by atoms with Crippen molar-refractivity contribution in [3.8, 4) is 0 Å². The fraction of sp³-hybridized carbons (Fsp3) is 0.769. The molecule has 0 saturated carbocycles. The minimum Gasteiger partial charge on any atom is -0.480 e. The van der Waals surface area contributed by atoms with Crippen molar-refractivity contribution in [1.29, 1.82) is 0 Å². The average molecular weight is 304 g/mol. The molecule has 0 radical (unpaired) electrons. The van der Waals surface area contributed by atoms with Crippen LogP contribution in [0.15, 0.2) is 0 Å². The van der Waals surface area contributed by atoms with Crippen molar-refractivity contribution in [3.05, 3.63) is 0 Å². The Morgan fingerprint density at radius 2 is 1.30 bits per heavy atom. The molecule has 2 unspecified atom stereocenters. The molecule has 0 aromatic carbocycles. The number of thiocarbonyl (C=S) groups is 1. The molecule has 0 bridgehead atoms. The van der Waals surface area contributed by atoms with Gasteiger partial charge in [0.25, 0.3) is 0 Å². The number of aliphatic carboxylic acids is 2. The Bertz CT molecular complexity index is 306. The van der Waals surface area contributed by atoms with Crippen LogP contribution in [0.2, 0.25) is 0 Å². The van der Waals surface area contributed by atoms with Crippen molar-refractivity contribution in [1.82, 2.24) is 10.6 Å². The molecule has 0 rings (SSSR count). The molecule has 0 aliphatic rings. The number of carbonyl (C=O) groups is 2. The lowest BCUT2D eigenvalue weighted by atomic mass is 10.1. The first-order valence-electron chi connectivity index (χ1n) is 6.94. The van der Waals surface area contributed by atoms with Crippen molar-refractivity contribution in [2.24, 2.45) is 0 Å². The summed E-state index contributed by atoms with van der Waals surface area (Å²) in [5, 5.41) is 23.6. The van der Waals surface area contributed by atoms with Crippen LogP contribution in [-0.4, -0.2) is 39.3 Å². The molecule has 0 saturated heterocycles. The number of unbranched alkanes of at least 4 members (excludes halogenated alkanes) is 2. The van der Waals surface area contributed by atoms with Crippen LogP contribution in [0, 0.1) is 0 Å². The van der Waals surface area contributed by atoms with Gasteiger partial charge in [-0.15, -0.1) is 0 Å². The second-order valence-corrected chi connectivity index (χ2v) is 5.09. The van der Waals surface area contributed by atoms with E-state index in [1.807, 2.05) is 13.8 Å². The molecule has 4 N–H and O–H groups in total. The van der Waals surface area contributed by atoms with Gasteiger partial charge in [-0.05, 0) is 25.1 Å². The summed E-state index contributed by atoms with van der Waals surface area (Å²) < 4.78 is 0. The predicted octanol–water partition coefficient (Wildman–Crippen LogP) is 1.74. The zero-order chi connectivity index (χ0) is 15.5. The van der Waals surface area contributed by atoms with Crippen molar-refractivity contribution in [3.63, 3.8) is 0 Å². The van der Waals surface area contributed by atoms with Crippen molar-refractivity contribution in [2.75, 3.05) is 0 Å². The highest BCUT2D eigenvalue weighted by atomic mass is 32.1. The molecule has 7 heteroatoms. The summed E-state index contributed by atoms with van der Waals surface area (Å²) in [4.78, 5) is 22.1. The minimum atomic E-state index is -0.983. The van der Waals surface area contributed by atoms with Gasteiger partial charge in [-0.1, -0.05) is 39.5 Å². The third-order valence-electron chi connectivity index (χ3n) is 2.90. The summed E-state index contributed by atoms with van der Waals surface area (Å²) in [6.45, 7) is 3.95. The monoisotopic (exact) mass is 304 g/mol. The minimum absolute atomic E-state index is 0.0806. The van der Waals surface area contributed by atoms with Crippen LogP contribution in [-0.2, 0) is 9.59 Å². The van der Waals surface area contributed by atoms with E-state index in [4.69, 9.17) is 22.4 Å². The second-order valence-electron chi connectivity index (χ2n) is 4.68. The first-order chi connectivity index (χ1) is 9.42. The van der Waals surface area contributed by atoms with Gasteiger partial charge in [0.05, 0.1) is 0 Å². The molecule has 0 aliphatic carbocycles. The van der Waals surface area contributed by atoms with E-state index in [0.29, 0.717) is 12.8 Å². The third-order valence-corrected chi connectivity index (χ3v) is 3.14. The lowest BCUT2D eigenvalue weighted by Crippen LogP contribution is -2.50. The van der Waals surface area contributed by atoms with Crippen LogP contribution in [0.3, 0.4) is 0 Å². The maximum Gasteiger partial charge on any atom is 0.326 e. The summed E-state index contributed by atoms with van der Waals surface area (Å²) >= 11 is 5.00. The predicted molar refractivity (Wildman–Crippen MR) is 80.8 cm³/mol. The summed E-state index contributed by atoms with van der Waals surface area (Å²) in [5.74, 6) is -1.97. The molecule has 116 valence electrons. The van der Waals surface area contributed by atoms with Gasteiger partial charge >= 0.3 is 11.9 Å². The molecule has 2 atom stereocenters. The zero-order valence-electron chi connectivity index (χ0n) is 12.0. The van der Waals surface area contributed by atoms with E-state index in [1.165, 1.54) is 0 Å². The van der Waals surface area contributed by atoms with Crippen LogP contribution in [0.25, 0.3) is 0 Å². The van der Waals surface area contributed by atoms with E-state index in [9.17, 15) is 9.59 Å². The molecule has 6 nitrogen and oxygen atoms in total. The van der Waals surface area contributed by atoms with Gasteiger partial charge in [0.1, 0.15) is 12.1 Å². The van der Waals surface area contributed by atoms with E-state index >= 15 is 0 Å². The molecule has 0 fully saturated rings. The van der Waals surface area contributed by atoms with Gasteiger partial charge < -0.3 is 20.8 Å². The van der Waals surface area contributed by atoms with E-state index in [1.54, 1.807) is 0 Å². The Hall–Kier alpha value is -1.37. The van der Waals surface area contributed by atoms with Crippen LogP contribution < -0.4 is 10.6 Å². The number of rotatable bonds is 10. The maximum absolute atomic E-state index is 11.1. The summed E-state index contributed by atoms with van der Waals surface area (Å²) in [5.41, 5.74) is 0. The number of nitrogens with one attached hydrogen (secondary N) is 2. The van der Waals surface area contributed by atoms with Crippen LogP contribution in [0.5, 0.6) is 0 Å². The summed E-state index contributed by atoms with van der Waals surface area (Å²) in [6.07, 6.45) is 4.23. The average Bonchev–Trinajstić information content (AvgIpc) is 2.38. The maximum atomic E-state index is 11.1. The largest absolute Gasteiger partial charge is 0.480 e. The lowest BCUT2D eigenvalue weighted by Gasteiger charge is -2.20. The molecule has 0 heterocycles. The topological polar surface area (TPSA) is 98.7 Å². The molecular weight excluding hydrogens is 280 g/mol. The highest BCUT2D eigenvalue weighted by molar-refractivity contribution is 7.80.